The molecule has 0 spiro atoms. The van der Waals surface area contributed by atoms with Gasteiger partial charge >= 0.3 is 5.97 Å². The van der Waals surface area contributed by atoms with Gasteiger partial charge in [0.2, 0.25) is 0 Å². The van der Waals surface area contributed by atoms with E-state index in [9.17, 15) is 9.59 Å². The van der Waals surface area contributed by atoms with Gasteiger partial charge in [0.05, 0.1) is 18.2 Å². The van der Waals surface area contributed by atoms with Crippen LogP contribution in [0.1, 0.15) is 16.1 Å². The highest BCUT2D eigenvalue weighted by molar-refractivity contribution is 5.94. The van der Waals surface area contributed by atoms with Gasteiger partial charge in [-0.1, -0.05) is 0 Å². The lowest BCUT2D eigenvalue weighted by atomic mass is 10.1. The Kier molecular flexibility index (Phi) is 2.71. The van der Waals surface area contributed by atoms with Gasteiger partial charge in [0.1, 0.15) is 0 Å². The minimum atomic E-state index is -0.436. The Morgan fingerprint density at radius 1 is 1.29 bits per heavy atom. The molecule has 2 aromatic rings. The normalized spacial score (nSPS) is 10.5. The topological polar surface area (TPSA) is 48.3 Å². The van der Waals surface area contributed by atoms with E-state index in [4.69, 9.17) is 0 Å². The number of nitrogens with zero attached hydrogens (tertiary/aromatic N) is 1. The molecule has 0 atom stereocenters. The summed E-state index contributed by atoms with van der Waals surface area (Å²) in [7, 11) is 3.20. The van der Waals surface area contributed by atoms with Gasteiger partial charge in [0.15, 0.2) is 5.43 Å². The van der Waals surface area contributed by atoms with Crippen molar-refractivity contribution < 1.29 is 9.53 Å². The summed E-state index contributed by atoms with van der Waals surface area (Å²) in [6.45, 7) is 1.87. The van der Waals surface area contributed by atoms with Gasteiger partial charge in [-0.2, -0.15) is 0 Å². The van der Waals surface area contributed by atoms with Crippen LogP contribution in [0.25, 0.3) is 10.9 Å². The Balaban J connectivity index is 2.79. The molecule has 0 amide bonds. The van der Waals surface area contributed by atoms with Crippen molar-refractivity contribution in [2.24, 2.45) is 7.05 Å². The van der Waals surface area contributed by atoms with Crippen LogP contribution in [0.15, 0.2) is 29.1 Å². The van der Waals surface area contributed by atoms with Crippen LogP contribution in [-0.2, 0) is 11.8 Å². The number of carbonyl (C=O) groups is 1. The van der Waals surface area contributed by atoms with Crippen molar-refractivity contribution in [2.45, 2.75) is 6.92 Å². The quantitative estimate of drug-likeness (QED) is 0.701. The van der Waals surface area contributed by atoms with Crippen LogP contribution in [0.4, 0.5) is 0 Å². The third kappa shape index (κ3) is 1.82. The fraction of sp³-hybridized carbons (Fsp3) is 0.231. The molecular weight excluding hydrogens is 218 g/mol. The van der Waals surface area contributed by atoms with Crippen LogP contribution in [-0.4, -0.2) is 17.6 Å². The molecule has 0 aliphatic carbocycles. The number of benzene rings is 1. The van der Waals surface area contributed by atoms with Crippen molar-refractivity contribution in [2.75, 3.05) is 7.11 Å². The first kappa shape index (κ1) is 11.4. The lowest BCUT2D eigenvalue weighted by Crippen LogP contribution is -2.10. The fourth-order valence-corrected chi connectivity index (χ4v) is 1.82. The van der Waals surface area contributed by atoms with E-state index in [1.807, 2.05) is 18.5 Å². The van der Waals surface area contributed by atoms with Crippen LogP contribution in [0, 0.1) is 6.92 Å². The average molecular weight is 231 g/mol. The molecule has 0 fully saturated rings. The molecule has 0 radical (unpaired) electrons. The Morgan fingerprint density at radius 2 is 2.00 bits per heavy atom. The second kappa shape index (κ2) is 4.05. The predicted octanol–water partition coefficient (Wildman–Crippen LogP) is 1.63. The number of aryl methyl sites for hydroxylation is 2. The van der Waals surface area contributed by atoms with Crippen LogP contribution in [0.2, 0.25) is 0 Å². The zero-order valence-corrected chi connectivity index (χ0v) is 9.98. The van der Waals surface area contributed by atoms with E-state index in [1.54, 1.807) is 24.3 Å². The number of rotatable bonds is 1. The number of pyridine rings is 1. The summed E-state index contributed by atoms with van der Waals surface area (Å²) in [5, 5.41) is 0.529. The summed E-state index contributed by atoms with van der Waals surface area (Å²) in [6.07, 6.45) is 0. The molecular formula is C13H13NO3. The van der Waals surface area contributed by atoms with Gasteiger partial charge in [-0.05, 0) is 25.1 Å². The zero-order valence-electron chi connectivity index (χ0n) is 9.98. The fourth-order valence-electron chi connectivity index (χ4n) is 1.82. The molecule has 88 valence electrons. The van der Waals surface area contributed by atoms with Crippen molar-refractivity contribution in [3.8, 4) is 0 Å². The smallest absolute Gasteiger partial charge is 0.337 e. The number of methoxy groups -OCH3 is 1. The van der Waals surface area contributed by atoms with E-state index >= 15 is 0 Å². The lowest BCUT2D eigenvalue weighted by molar-refractivity contribution is 0.0601. The molecule has 4 nitrogen and oxygen atoms in total. The molecule has 0 unspecified atom stereocenters. The van der Waals surface area contributed by atoms with Crippen LogP contribution in [0.3, 0.4) is 0 Å². The Labute approximate surface area is 98.4 Å². The number of aromatic nitrogens is 1. The first-order valence-electron chi connectivity index (χ1n) is 5.23. The summed E-state index contributed by atoms with van der Waals surface area (Å²) in [5.41, 5.74) is 2.00. The monoisotopic (exact) mass is 231 g/mol. The highest BCUT2D eigenvalue weighted by atomic mass is 16.5. The highest BCUT2D eigenvalue weighted by Gasteiger charge is 2.09. The second-order valence-corrected chi connectivity index (χ2v) is 3.93. The third-order valence-corrected chi connectivity index (χ3v) is 2.91. The maximum Gasteiger partial charge on any atom is 0.337 e. The van der Waals surface area contributed by atoms with Crippen LogP contribution in [0.5, 0.6) is 0 Å². The number of fused-ring (bicyclic) bond motifs is 1. The minimum Gasteiger partial charge on any atom is -0.465 e. The number of carbonyl (C=O) groups excluding carboxylic acids is 1. The van der Waals surface area contributed by atoms with E-state index in [2.05, 4.69) is 4.74 Å². The molecule has 0 aliphatic rings. The van der Waals surface area contributed by atoms with E-state index in [1.165, 1.54) is 7.11 Å². The lowest BCUT2D eigenvalue weighted by Gasteiger charge is -2.09. The molecule has 17 heavy (non-hydrogen) atoms. The highest BCUT2D eigenvalue weighted by Crippen LogP contribution is 2.14. The first-order valence-corrected chi connectivity index (χ1v) is 5.23. The molecule has 0 saturated carbocycles. The summed E-state index contributed by atoms with van der Waals surface area (Å²) in [6, 6.07) is 6.55. The summed E-state index contributed by atoms with van der Waals surface area (Å²) < 4.78 is 6.55. The molecule has 4 heteroatoms. The van der Waals surface area contributed by atoms with Crippen molar-refractivity contribution in [3.05, 3.63) is 45.7 Å². The zero-order chi connectivity index (χ0) is 12.6. The second-order valence-electron chi connectivity index (χ2n) is 3.93. The van der Waals surface area contributed by atoms with E-state index in [0.717, 1.165) is 11.2 Å². The number of hydrogen-bond donors (Lipinski definition) is 0. The largest absolute Gasteiger partial charge is 0.465 e. The van der Waals surface area contributed by atoms with Crippen molar-refractivity contribution in [3.63, 3.8) is 0 Å². The number of hydrogen-bond acceptors (Lipinski definition) is 3. The van der Waals surface area contributed by atoms with Gasteiger partial charge in [0, 0.05) is 24.2 Å². The maximum absolute atomic E-state index is 11.8. The van der Waals surface area contributed by atoms with Crippen molar-refractivity contribution >= 4 is 16.9 Å². The van der Waals surface area contributed by atoms with E-state index in [0.29, 0.717) is 10.9 Å². The van der Waals surface area contributed by atoms with Gasteiger partial charge in [0.25, 0.3) is 0 Å². The number of esters is 1. The Morgan fingerprint density at radius 3 is 2.65 bits per heavy atom. The third-order valence-electron chi connectivity index (χ3n) is 2.91. The molecule has 0 N–H and O–H groups in total. The predicted molar refractivity (Wildman–Crippen MR) is 65.3 cm³/mol. The molecule has 2 rings (SSSR count). The SMILES string of the molecule is COC(=O)c1ccc2c(c1)c(=O)cc(C)n2C. The molecule has 1 aromatic carbocycles. The Hall–Kier alpha value is -2.10. The molecule has 1 aromatic heterocycles. The van der Waals surface area contributed by atoms with E-state index in [-0.39, 0.29) is 5.43 Å². The molecule has 0 bridgehead atoms. The van der Waals surface area contributed by atoms with Crippen molar-refractivity contribution in [1.29, 1.82) is 0 Å². The molecule has 1 heterocycles. The van der Waals surface area contributed by atoms with Gasteiger partial charge < -0.3 is 9.30 Å². The Bertz CT molecular complexity index is 655. The average Bonchev–Trinajstić information content (AvgIpc) is 2.34. The standard InChI is InChI=1S/C13H13NO3/c1-8-6-12(15)10-7-9(13(16)17-3)4-5-11(10)14(8)2/h4-7H,1-3H3. The van der Waals surface area contributed by atoms with Gasteiger partial charge in [-0.25, -0.2) is 4.79 Å². The minimum absolute atomic E-state index is 0.0821. The van der Waals surface area contributed by atoms with Gasteiger partial charge in [-0.15, -0.1) is 0 Å². The van der Waals surface area contributed by atoms with Crippen LogP contribution >= 0.6 is 0 Å². The summed E-state index contributed by atoms with van der Waals surface area (Å²) >= 11 is 0. The first-order chi connectivity index (χ1) is 8.04. The molecule has 0 saturated heterocycles. The number of ether oxygens (including phenoxy) is 1. The summed E-state index contributed by atoms with van der Waals surface area (Å²) in [4.78, 5) is 23.2. The van der Waals surface area contributed by atoms with Crippen LogP contribution < -0.4 is 5.43 Å². The molecule has 0 aliphatic heterocycles. The van der Waals surface area contributed by atoms with Gasteiger partial charge in [-0.3, -0.25) is 4.79 Å². The van der Waals surface area contributed by atoms with Crippen molar-refractivity contribution in [1.82, 2.24) is 4.57 Å². The maximum atomic E-state index is 11.8. The summed E-state index contributed by atoms with van der Waals surface area (Å²) in [5.74, 6) is -0.436. The van der Waals surface area contributed by atoms with E-state index < -0.39 is 5.97 Å².